The second-order valence-electron chi connectivity index (χ2n) is 5.17. The fourth-order valence-electron chi connectivity index (χ4n) is 2.49. The number of amides is 1. The summed E-state index contributed by atoms with van der Waals surface area (Å²) in [7, 11) is 1.96. The predicted octanol–water partition coefficient (Wildman–Crippen LogP) is 2.64. The third kappa shape index (κ3) is 4.69. The molecular formula is C15H21ClN2OS. The number of nitrogens with one attached hydrogen (secondary N) is 1. The Labute approximate surface area is 130 Å². The second-order valence-corrected chi connectivity index (χ2v) is 6.60. The average Bonchev–Trinajstić information content (AvgIpc) is 2.88. The number of nitrogens with zero attached hydrogens (tertiary/aromatic N) is 1. The van der Waals surface area contributed by atoms with Gasteiger partial charge in [-0.2, -0.15) is 0 Å². The summed E-state index contributed by atoms with van der Waals surface area (Å²) in [6.45, 7) is 2.81. The van der Waals surface area contributed by atoms with Crippen LogP contribution in [0.4, 0.5) is 0 Å². The Hall–Kier alpha value is -0.710. The molecular weight excluding hydrogens is 292 g/mol. The van der Waals surface area contributed by atoms with E-state index in [4.69, 9.17) is 11.6 Å². The molecule has 1 atom stereocenters. The van der Waals surface area contributed by atoms with E-state index in [1.165, 1.54) is 5.56 Å². The van der Waals surface area contributed by atoms with Crippen LogP contribution in [-0.4, -0.2) is 43.2 Å². The van der Waals surface area contributed by atoms with Gasteiger partial charge in [0.25, 0.3) is 0 Å². The maximum absolute atomic E-state index is 12.1. The number of carbonyl (C=O) groups is 1. The average molecular weight is 313 g/mol. The van der Waals surface area contributed by atoms with Crippen LogP contribution in [0.5, 0.6) is 0 Å². The van der Waals surface area contributed by atoms with Crippen LogP contribution in [0.3, 0.4) is 0 Å². The zero-order valence-corrected chi connectivity index (χ0v) is 13.3. The van der Waals surface area contributed by atoms with Crippen LogP contribution in [0.25, 0.3) is 0 Å². The van der Waals surface area contributed by atoms with Crippen molar-refractivity contribution in [3.8, 4) is 0 Å². The van der Waals surface area contributed by atoms with Gasteiger partial charge >= 0.3 is 0 Å². The summed E-state index contributed by atoms with van der Waals surface area (Å²) in [5.74, 6) is 2.26. The number of benzene rings is 1. The highest BCUT2D eigenvalue weighted by Gasteiger charge is 2.25. The molecule has 1 unspecified atom stereocenters. The highest BCUT2D eigenvalue weighted by atomic mass is 35.5. The summed E-state index contributed by atoms with van der Waals surface area (Å²) in [4.78, 5) is 14.1. The molecule has 20 heavy (non-hydrogen) atoms. The van der Waals surface area contributed by atoms with E-state index < -0.39 is 0 Å². The Kier molecular flexibility index (Phi) is 6.20. The Morgan fingerprint density at radius 3 is 3.15 bits per heavy atom. The largest absolute Gasteiger partial charge is 0.342 e. The van der Waals surface area contributed by atoms with Crippen molar-refractivity contribution in [1.29, 1.82) is 0 Å². The van der Waals surface area contributed by atoms with Gasteiger partial charge in [-0.05, 0) is 43.6 Å². The Balaban J connectivity index is 1.70. The van der Waals surface area contributed by atoms with Crippen molar-refractivity contribution in [3.05, 3.63) is 34.9 Å². The lowest BCUT2D eigenvalue weighted by Gasteiger charge is -2.16. The minimum Gasteiger partial charge on any atom is -0.342 e. The van der Waals surface area contributed by atoms with E-state index in [9.17, 15) is 4.79 Å². The summed E-state index contributed by atoms with van der Waals surface area (Å²) in [5, 5.41) is 3.94. The summed E-state index contributed by atoms with van der Waals surface area (Å²) >= 11 is 7.60. The number of halogens is 1. The Morgan fingerprint density at radius 1 is 1.55 bits per heavy atom. The van der Waals surface area contributed by atoms with Gasteiger partial charge in [0.2, 0.25) is 5.91 Å². The highest BCUT2D eigenvalue weighted by molar-refractivity contribution is 7.99. The molecule has 0 saturated carbocycles. The summed E-state index contributed by atoms with van der Waals surface area (Å²) in [6.07, 6.45) is 1.12. The molecule has 0 aliphatic carbocycles. The lowest BCUT2D eigenvalue weighted by atomic mass is 10.1. The zero-order chi connectivity index (χ0) is 14.4. The predicted molar refractivity (Wildman–Crippen MR) is 86.2 cm³/mol. The molecule has 1 amide bonds. The van der Waals surface area contributed by atoms with Crippen LogP contribution >= 0.6 is 23.4 Å². The number of likely N-dealkylation sites (tertiary alicyclic amines) is 1. The van der Waals surface area contributed by atoms with Crippen LogP contribution in [0.1, 0.15) is 12.0 Å². The van der Waals surface area contributed by atoms with Gasteiger partial charge in [-0.15, -0.1) is 11.8 Å². The molecule has 0 radical (unpaired) electrons. The molecule has 1 N–H and O–H groups in total. The molecule has 5 heteroatoms. The van der Waals surface area contributed by atoms with Crippen LogP contribution < -0.4 is 5.32 Å². The van der Waals surface area contributed by atoms with Crippen LogP contribution in [0.2, 0.25) is 5.02 Å². The molecule has 1 aromatic rings. The lowest BCUT2D eigenvalue weighted by molar-refractivity contribution is -0.127. The summed E-state index contributed by atoms with van der Waals surface area (Å²) < 4.78 is 0. The molecule has 1 saturated heterocycles. The maximum Gasteiger partial charge on any atom is 0.232 e. The van der Waals surface area contributed by atoms with Gasteiger partial charge < -0.3 is 10.2 Å². The van der Waals surface area contributed by atoms with E-state index in [2.05, 4.69) is 5.32 Å². The van der Waals surface area contributed by atoms with Gasteiger partial charge in [-0.3, -0.25) is 4.79 Å². The Bertz CT molecular complexity index is 455. The standard InChI is InChI=1S/C15H21ClN2OS/c1-17-8-13-5-6-18(9-13)15(19)11-20-10-12-3-2-4-14(16)7-12/h2-4,7,13,17H,5-6,8-11H2,1H3. The van der Waals surface area contributed by atoms with E-state index in [0.717, 1.165) is 36.8 Å². The first-order valence-electron chi connectivity index (χ1n) is 6.93. The first kappa shape index (κ1) is 15.7. The lowest BCUT2D eigenvalue weighted by Crippen LogP contribution is -2.31. The smallest absolute Gasteiger partial charge is 0.232 e. The van der Waals surface area contributed by atoms with Gasteiger partial charge in [0.1, 0.15) is 0 Å². The van der Waals surface area contributed by atoms with Crippen molar-refractivity contribution in [1.82, 2.24) is 10.2 Å². The van der Waals surface area contributed by atoms with Crippen molar-refractivity contribution in [2.45, 2.75) is 12.2 Å². The normalized spacial score (nSPS) is 18.5. The van der Waals surface area contributed by atoms with E-state index >= 15 is 0 Å². The van der Waals surface area contributed by atoms with E-state index in [-0.39, 0.29) is 5.91 Å². The number of carbonyl (C=O) groups excluding carboxylic acids is 1. The summed E-state index contributed by atoms with van der Waals surface area (Å²) in [5.41, 5.74) is 1.17. The molecule has 0 aromatic heterocycles. The third-order valence-corrected chi connectivity index (χ3v) is 4.74. The van der Waals surface area contributed by atoms with Gasteiger partial charge in [-0.1, -0.05) is 23.7 Å². The van der Waals surface area contributed by atoms with Crippen molar-refractivity contribution >= 4 is 29.3 Å². The van der Waals surface area contributed by atoms with Crippen LogP contribution in [0, 0.1) is 5.92 Å². The van der Waals surface area contributed by atoms with Crippen LogP contribution in [-0.2, 0) is 10.5 Å². The van der Waals surface area contributed by atoms with Gasteiger partial charge in [-0.25, -0.2) is 0 Å². The minimum absolute atomic E-state index is 0.260. The first-order chi connectivity index (χ1) is 9.69. The number of hydrogen-bond donors (Lipinski definition) is 1. The second kappa shape index (κ2) is 7.91. The summed E-state index contributed by atoms with van der Waals surface area (Å²) in [6, 6.07) is 7.82. The monoisotopic (exact) mass is 312 g/mol. The van der Waals surface area contributed by atoms with Crippen molar-refractivity contribution in [2.24, 2.45) is 5.92 Å². The molecule has 0 spiro atoms. The highest BCUT2D eigenvalue weighted by Crippen LogP contribution is 2.19. The molecule has 1 fully saturated rings. The molecule has 0 bridgehead atoms. The maximum atomic E-state index is 12.1. The number of rotatable bonds is 6. The Morgan fingerprint density at radius 2 is 2.40 bits per heavy atom. The number of hydrogen-bond acceptors (Lipinski definition) is 3. The minimum atomic E-state index is 0.260. The van der Waals surface area contributed by atoms with Crippen molar-refractivity contribution in [3.63, 3.8) is 0 Å². The molecule has 1 aliphatic rings. The van der Waals surface area contributed by atoms with Crippen molar-refractivity contribution < 1.29 is 4.79 Å². The van der Waals surface area contributed by atoms with Gasteiger partial charge in [0.05, 0.1) is 5.75 Å². The topological polar surface area (TPSA) is 32.3 Å². The quantitative estimate of drug-likeness (QED) is 0.876. The molecule has 1 aromatic carbocycles. The SMILES string of the molecule is CNCC1CCN(C(=O)CSCc2cccc(Cl)c2)C1. The zero-order valence-electron chi connectivity index (χ0n) is 11.8. The molecule has 1 aliphatic heterocycles. The van der Waals surface area contributed by atoms with E-state index in [1.54, 1.807) is 11.8 Å². The molecule has 3 nitrogen and oxygen atoms in total. The number of thioether (sulfide) groups is 1. The van der Waals surface area contributed by atoms with E-state index in [0.29, 0.717) is 11.7 Å². The molecule has 1 heterocycles. The van der Waals surface area contributed by atoms with Gasteiger partial charge in [0.15, 0.2) is 0 Å². The van der Waals surface area contributed by atoms with Crippen molar-refractivity contribution in [2.75, 3.05) is 32.4 Å². The molecule has 110 valence electrons. The van der Waals surface area contributed by atoms with Crippen LogP contribution in [0.15, 0.2) is 24.3 Å². The molecule has 2 rings (SSSR count). The third-order valence-electron chi connectivity index (χ3n) is 3.51. The fourth-order valence-corrected chi connectivity index (χ4v) is 3.58. The van der Waals surface area contributed by atoms with E-state index in [1.807, 2.05) is 36.2 Å². The first-order valence-corrected chi connectivity index (χ1v) is 8.47. The fraction of sp³-hybridized carbons (Fsp3) is 0.533. The van der Waals surface area contributed by atoms with Gasteiger partial charge in [0, 0.05) is 23.9 Å².